The number of esters is 1. The lowest BCUT2D eigenvalue weighted by Gasteiger charge is -2.37. The van der Waals surface area contributed by atoms with Gasteiger partial charge in [0.1, 0.15) is 24.0 Å². The predicted molar refractivity (Wildman–Crippen MR) is 137 cm³/mol. The molecule has 0 radical (unpaired) electrons. The van der Waals surface area contributed by atoms with E-state index < -0.39 is 17.8 Å². The standard InChI is InChI=1S/C29H33NO6/c1-5-35-13-14-36-29(32)26-18(2)30-23-15-20(19-9-7-6-8-10-19)16-24(31)28(23)27(26)22-12-11-21(33-3)17-25(22)34-4/h6-12,17,20,26-27H,5,13-16H2,1-4H3/t20-,26?,27+/m0/s1. The summed E-state index contributed by atoms with van der Waals surface area (Å²) in [5.41, 5.74) is 3.78. The number of methoxy groups -OCH3 is 2. The molecule has 2 aliphatic rings. The molecule has 0 aromatic heterocycles. The van der Waals surface area contributed by atoms with Gasteiger partial charge in [-0.05, 0) is 37.8 Å². The van der Waals surface area contributed by atoms with Crippen LogP contribution in [0, 0.1) is 5.92 Å². The van der Waals surface area contributed by atoms with Crippen LogP contribution in [0.1, 0.15) is 49.7 Å². The third-order valence-corrected chi connectivity index (χ3v) is 6.87. The summed E-state index contributed by atoms with van der Waals surface area (Å²) >= 11 is 0. The summed E-state index contributed by atoms with van der Waals surface area (Å²) in [5.74, 6) is -0.527. The van der Waals surface area contributed by atoms with Gasteiger partial charge in [-0.1, -0.05) is 36.4 Å². The van der Waals surface area contributed by atoms with Gasteiger partial charge in [0.15, 0.2) is 5.78 Å². The highest BCUT2D eigenvalue weighted by molar-refractivity contribution is 6.09. The van der Waals surface area contributed by atoms with Crippen LogP contribution in [0.3, 0.4) is 0 Å². The fraction of sp³-hybridized carbons (Fsp3) is 0.414. The van der Waals surface area contributed by atoms with Crippen molar-refractivity contribution in [3.05, 3.63) is 70.9 Å². The van der Waals surface area contributed by atoms with E-state index in [-0.39, 0.29) is 18.3 Å². The van der Waals surface area contributed by atoms with E-state index in [1.807, 2.05) is 56.3 Å². The number of hydrogen-bond acceptors (Lipinski definition) is 7. The number of aliphatic imine (C=N–C) groups is 1. The van der Waals surface area contributed by atoms with Crippen molar-refractivity contribution in [2.75, 3.05) is 34.0 Å². The predicted octanol–water partition coefficient (Wildman–Crippen LogP) is 4.86. The zero-order chi connectivity index (χ0) is 25.7. The number of nitrogens with zero attached hydrogens (tertiary/aromatic N) is 1. The Kier molecular flexibility index (Phi) is 8.21. The molecule has 0 saturated heterocycles. The lowest BCUT2D eigenvalue weighted by Crippen LogP contribution is -2.38. The molecule has 4 rings (SSSR count). The normalized spacial score (nSPS) is 21.5. The molecular weight excluding hydrogens is 458 g/mol. The molecule has 1 aliphatic heterocycles. The van der Waals surface area contributed by atoms with Crippen LogP contribution in [-0.2, 0) is 19.1 Å². The molecule has 0 bridgehead atoms. The van der Waals surface area contributed by atoms with Crippen LogP contribution >= 0.6 is 0 Å². The number of ketones is 1. The highest BCUT2D eigenvalue weighted by Crippen LogP contribution is 2.49. The molecule has 0 fully saturated rings. The molecule has 7 heteroatoms. The second-order valence-electron chi connectivity index (χ2n) is 8.98. The number of carbonyl (C=O) groups excluding carboxylic acids is 2. The second kappa shape index (κ2) is 11.5. The van der Waals surface area contributed by atoms with Gasteiger partial charge in [0.05, 0.1) is 20.8 Å². The summed E-state index contributed by atoms with van der Waals surface area (Å²) in [4.78, 5) is 31.9. The van der Waals surface area contributed by atoms with Gasteiger partial charge in [0, 0.05) is 47.6 Å². The quantitative estimate of drug-likeness (QED) is 0.368. The molecule has 0 amide bonds. The van der Waals surface area contributed by atoms with Crippen molar-refractivity contribution in [3.8, 4) is 11.5 Å². The van der Waals surface area contributed by atoms with E-state index >= 15 is 0 Å². The van der Waals surface area contributed by atoms with Crippen LogP contribution in [0.15, 0.2) is 64.8 Å². The number of carbonyl (C=O) groups is 2. The summed E-state index contributed by atoms with van der Waals surface area (Å²) in [6.07, 6.45) is 0.988. The third-order valence-electron chi connectivity index (χ3n) is 6.87. The lowest BCUT2D eigenvalue weighted by atomic mass is 9.69. The Morgan fingerprint density at radius 2 is 1.81 bits per heavy atom. The van der Waals surface area contributed by atoms with Crippen molar-refractivity contribution in [1.29, 1.82) is 0 Å². The molecule has 190 valence electrons. The molecule has 7 nitrogen and oxygen atoms in total. The number of allylic oxidation sites excluding steroid dienone is 2. The van der Waals surface area contributed by atoms with Gasteiger partial charge in [-0.2, -0.15) is 0 Å². The molecule has 2 aromatic carbocycles. The van der Waals surface area contributed by atoms with E-state index in [4.69, 9.17) is 23.9 Å². The minimum absolute atomic E-state index is 0.00339. The molecule has 0 N–H and O–H groups in total. The lowest BCUT2D eigenvalue weighted by molar-refractivity contribution is -0.148. The monoisotopic (exact) mass is 491 g/mol. The summed E-state index contributed by atoms with van der Waals surface area (Å²) < 4.78 is 22.0. The summed E-state index contributed by atoms with van der Waals surface area (Å²) in [6.45, 7) is 4.71. The maximum absolute atomic E-state index is 13.7. The van der Waals surface area contributed by atoms with Crippen LogP contribution in [0.25, 0.3) is 0 Å². The van der Waals surface area contributed by atoms with Gasteiger partial charge in [0.2, 0.25) is 0 Å². The van der Waals surface area contributed by atoms with Crippen molar-refractivity contribution in [2.24, 2.45) is 10.9 Å². The first-order valence-corrected chi connectivity index (χ1v) is 12.3. The van der Waals surface area contributed by atoms with Crippen LogP contribution in [0.5, 0.6) is 11.5 Å². The first-order valence-electron chi connectivity index (χ1n) is 12.3. The van der Waals surface area contributed by atoms with Gasteiger partial charge < -0.3 is 18.9 Å². The molecule has 3 atom stereocenters. The first-order chi connectivity index (χ1) is 17.5. The average Bonchev–Trinajstić information content (AvgIpc) is 2.90. The van der Waals surface area contributed by atoms with E-state index in [1.54, 1.807) is 20.3 Å². The molecule has 0 spiro atoms. The molecule has 1 heterocycles. The average molecular weight is 492 g/mol. The number of Topliss-reactive ketones (excluding diaryl/α,β-unsaturated/α-hetero) is 1. The zero-order valence-corrected chi connectivity index (χ0v) is 21.3. The fourth-order valence-corrected chi connectivity index (χ4v) is 5.17. The fourth-order valence-electron chi connectivity index (χ4n) is 5.17. The molecule has 0 saturated carbocycles. The topological polar surface area (TPSA) is 83.4 Å². The summed E-state index contributed by atoms with van der Waals surface area (Å²) in [6, 6.07) is 15.5. The summed E-state index contributed by atoms with van der Waals surface area (Å²) in [7, 11) is 3.15. The molecule has 2 aromatic rings. The third kappa shape index (κ3) is 5.21. The Labute approximate surface area is 212 Å². The minimum Gasteiger partial charge on any atom is -0.497 e. The number of benzene rings is 2. The Bertz CT molecular complexity index is 1170. The molecular formula is C29H33NO6. The van der Waals surface area contributed by atoms with E-state index in [0.717, 1.165) is 16.8 Å². The SMILES string of the molecule is CCOCCOC(=O)C1C(C)=NC2=C(C(=O)C[C@@H](c3ccccc3)C2)[C@@H]1c1ccc(OC)cc1OC. The van der Waals surface area contributed by atoms with Crippen molar-refractivity contribution in [1.82, 2.24) is 0 Å². The van der Waals surface area contributed by atoms with Crippen molar-refractivity contribution in [2.45, 2.75) is 38.5 Å². The van der Waals surface area contributed by atoms with Crippen LogP contribution in [-0.4, -0.2) is 51.5 Å². The highest BCUT2D eigenvalue weighted by atomic mass is 16.6. The first kappa shape index (κ1) is 25.6. The van der Waals surface area contributed by atoms with Crippen LogP contribution in [0.4, 0.5) is 0 Å². The van der Waals surface area contributed by atoms with Gasteiger partial charge in [-0.25, -0.2) is 0 Å². The van der Waals surface area contributed by atoms with Crippen molar-refractivity contribution in [3.63, 3.8) is 0 Å². The Morgan fingerprint density at radius 1 is 1.03 bits per heavy atom. The maximum Gasteiger partial charge on any atom is 0.315 e. The van der Waals surface area contributed by atoms with Crippen molar-refractivity contribution < 1.29 is 28.5 Å². The molecule has 1 unspecified atom stereocenters. The van der Waals surface area contributed by atoms with Crippen LogP contribution < -0.4 is 9.47 Å². The van der Waals surface area contributed by atoms with Gasteiger partial charge >= 0.3 is 5.97 Å². The van der Waals surface area contributed by atoms with E-state index in [0.29, 0.717) is 48.8 Å². The van der Waals surface area contributed by atoms with Gasteiger partial charge in [0.25, 0.3) is 0 Å². The van der Waals surface area contributed by atoms with E-state index in [2.05, 4.69) is 0 Å². The number of ether oxygens (including phenoxy) is 4. The van der Waals surface area contributed by atoms with Gasteiger partial charge in [-0.3, -0.25) is 14.6 Å². The Balaban J connectivity index is 1.77. The second-order valence-corrected chi connectivity index (χ2v) is 8.98. The minimum atomic E-state index is -0.745. The smallest absolute Gasteiger partial charge is 0.315 e. The number of hydrogen-bond donors (Lipinski definition) is 0. The largest absolute Gasteiger partial charge is 0.497 e. The van der Waals surface area contributed by atoms with Crippen LogP contribution in [0.2, 0.25) is 0 Å². The Morgan fingerprint density at radius 3 is 2.50 bits per heavy atom. The zero-order valence-electron chi connectivity index (χ0n) is 21.3. The maximum atomic E-state index is 13.7. The van der Waals surface area contributed by atoms with Crippen molar-refractivity contribution >= 4 is 17.5 Å². The van der Waals surface area contributed by atoms with E-state index in [9.17, 15) is 9.59 Å². The number of rotatable bonds is 9. The molecule has 36 heavy (non-hydrogen) atoms. The van der Waals surface area contributed by atoms with E-state index in [1.165, 1.54) is 0 Å². The summed E-state index contributed by atoms with van der Waals surface area (Å²) in [5, 5.41) is 0. The molecule has 1 aliphatic carbocycles. The highest BCUT2D eigenvalue weighted by Gasteiger charge is 2.45. The Hall–Kier alpha value is -3.45. The van der Waals surface area contributed by atoms with Gasteiger partial charge in [-0.15, -0.1) is 0 Å².